The molecule has 84 valence electrons. The van der Waals surface area contributed by atoms with Crippen LogP contribution in [-0.4, -0.2) is 30.1 Å². The maximum atomic E-state index is 11.7. The highest BCUT2D eigenvalue weighted by Crippen LogP contribution is 2.09. The minimum Gasteiger partial charge on any atom is -0.325 e. The van der Waals surface area contributed by atoms with Crippen LogP contribution in [0, 0.1) is 11.3 Å². The van der Waals surface area contributed by atoms with Gasteiger partial charge in [-0.15, -0.1) is 0 Å². The van der Waals surface area contributed by atoms with Gasteiger partial charge in [-0.1, -0.05) is 19.8 Å². The van der Waals surface area contributed by atoms with E-state index < -0.39 is 0 Å². The summed E-state index contributed by atoms with van der Waals surface area (Å²) in [4.78, 5) is 13.6. The lowest BCUT2D eigenvalue weighted by Gasteiger charge is -2.22. The summed E-state index contributed by atoms with van der Waals surface area (Å²) >= 11 is 0. The Morgan fingerprint density at radius 3 is 2.47 bits per heavy atom. The number of urea groups is 1. The van der Waals surface area contributed by atoms with Crippen molar-refractivity contribution in [3.05, 3.63) is 0 Å². The average molecular weight is 209 g/mol. The largest absolute Gasteiger partial charge is 0.325 e. The smallest absolute Gasteiger partial charge is 0.318 e. The van der Waals surface area contributed by atoms with Crippen molar-refractivity contribution in [2.24, 2.45) is 0 Å². The third-order valence-corrected chi connectivity index (χ3v) is 2.76. The fraction of sp³-hybridized carbons (Fsp3) is 0.818. The molecule has 0 bridgehead atoms. The van der Waals surface area contributed by atoms with Crippen molar-refractivity contribution in [2.45, 2.75) is 45.1 Å². The van der Waals surface area contributed by atoms with Crippen LogP contribution < -0.4 is 5.32 Å². The first-order valence-electron chi connectivity index (χ1n) is 5.73. The number of nitriles is 1. The fourth-order valence-corrected chi connectivity index (χ4v) is 1.74. The molecule has 0 aliphatic carbocycles. The van der Waals surface area contributed by atoms with Gasteiger partial charge in [0.15, 0.2) is 0 Å². The highest BCUT2D eigenvalue weighted by atomic mass is 16.2. The predicted octanol–water partition coefficient (Wildman–Crippen LogP) is 1.87. The van der Waals surface area contributed by atoms with Gasteiger partial charge >= 0.3 is 6.03 Å². The van der Waals surface area contributed by atoms with Crippen molar-refractivity contribution in [2.75, 3.05) is 13.1 Å². The van der Waals surface area contributed by atoms with Crippen molar-refractivity contribution in [3.8, 4) is 6.07 Å². The molecule has 0 saturated carbocycles. The minimum atomic E-state index is -0.347. The van der Waals surface area contributed by atoms with Crippen LogP contribution in [0.5, 0.6) is 0 Å². The monoisotopic (exact) mass is 209 g/mol. The average Bonchev–Trinajstić information content (AvgIpc) is 2.54. The molecule has 0 spiro atoms. The third kappa shape index (κ3) is 3.78. The number of carbonyl (C=O) groups excluding carboxylic acids is 1. The molecule has 1 fully saturated rings. The number of nitrogens with one attached hydrogen (secondary N) is 1. The SMILES string of the molecule is CCC(C#N)NC(=O)N1CCCCCC1. The Hall–Kier alpha value is -1.24. The van der Waals surface area contributed by atoms with E-state index in [1.165, 1.54) is 12.8 Å². The van der Waals surface area contributed by atoms with Gasteiger partial charge in [-0.3, -0.25) is 0 Å². The number of hydrogen-bond acceptors (Lipinski definition) is 2. The van der Waals surface area contributed by atoms with E-state index in [9.17, 15) is 4.79 Å². The lowest BCUT2D eigenvalue weighted by Crippen LogP contribution is -2.44. The molecule has 0 aromatic rings. The first-order chi connectivity index (χ1) is 7.27. The van der Waals surface area contributed by atoms with Gasteiger partial charge in [0.2, 0.25) is 0 Å². The molecule has 0 aromatic heterocycles. The second-order valence-electron chi connectivity index (χ2n) is 3.94. The molecule has 1 atom stereocenters. The lowest BCUT2D eigenvalue weighted by atomic mass is 10.2. The van der Waals surface area contributed by atoms with Crippen LogP contribution in [0.1, 0.15) is 39.0 Å². The molecule has 2 amide bonds. The number of hydrogen-bond donors (Lipinski definition) is 1. The van der Waals surface area contributed by atoms with Crippen LogP contribution >= 0.6 is 0 Å². The van der Waals surface area contributed by atoms with E-state index in [0.717, 1.165) is 25.9 Å². The first kappa shape index (κ1) is 11.8. The van der Waals surface area contributed by atoms with Gasteiger partial charge in [-0.2, -0.15) is 5.26 Å². The van der Waals surface area contributed by atoms with Crippen molar-refractivity contribution >= 4 is 6.03 Å². The van der Waals surface area contributed by atoms with Gasteiger partial charge in [-0.05, 0) is 19.3 Å². The topological polar surface area (TPSA) is 56.1 Å². The van der Waals surface area contributed by atoms with Crippen molar-refractivity contribution in [3.63, 3.8) is 0 Å². The summed E-state index contributed by atoms with van der Waals surface area (Å²) in [6.07, 6.45) is 5.24. The normalized spacial score (nSPS) is 18.8. The Morgan fingerprint density at radius 1 is 1.40 bits per heavy atom. The van der Waals surface area contributed by atoms with Gasteiger partial charge in [0.1, 0.15) is 6.04 Å². The summed E-state index contributed by atoms with van der Waals surface area (Å²) in [5, 5.41) is 11.5. The van der Waals surface area contributed by atoms with Crippen LogP contribution in [0.3, 0.4) is 0 Å². The maximum Gasteiger partial charge on any atom is 0.318 e. The van der Waals surface area contributed by atoms with Gasteiger partial charge < -0.3 is 10.2 Å². The standard InChI is InChI=1S/C11H19N3O/c1-2-10(9-12)13-11(15)14-7-5-3-4-6-8-14/h10H,2-8H2,1H3,(H,13,15). The first-order valence-corrected chi connectivity index (χ1v) is 5.73. The van der Waals surface area contributed by atoms with E-state index in [1.807, 2.05) is 11.8 Å². The number of likely N-dealkylation sites (tertiary alicyclic amines) is 1. The Labute approximate surface area is 91.2 Å². The second-order valence-corrected chi connectivity index (χ2v) is 3.94. The number of carbonyl (C=O) groups is 1. The zero-order valence-electron chi connectivity index (χ0n) is 9.33. The summed E-state index contributed by atoms with van der Waals surface area (Å²) in [6, 6.07) is 1.65. The van der Waals surface area contributed by atoms with Crippen molar-refractivity contribution in [1.29, 1.82) is 5.26 Å². The van der Waals surface area contributed by atoms with Crippen molar-refractivity contribution in [1.82, 2.24) is 10.2 Å². The van der Waals surface area contributed by atoms with E-state index >= 15 is 0 Å². The van der Waals surface area contributed by atoms with E-state index in [1.54, 1.807) is 0 Å². The van der Waals surface area contributed by atoms with Crippen LogP contribution in [0.4, 0.5) is 4.79 Å². The summed E-state index contributed by atoms with van der Waals surface area (Å²) in [7, 11) is 0. The quantitative estimate of drug-likeness (QED) is 0.754. The zero-order valence-corrected chi connectivity index (χ0v) is 9.33. The Bertz CT molecular complexity index is 239. The Kier molecular flexibility index (Phi) is 4.96. The molecule has 0 radical (unpaired) electrons. The third-order valence-electron chi connectivity index (χ3n) is 2.76. The zero-order chi connectivity index (χ0) is 11.1. The molecule has 1 aliphatic rings. The van der Waals surface area contributed by atoms with Gasteiger partial charge in [-0.25, -0.2) is 4.79 Å². The molecular weight excluding hydrogens is 190 g/mol. The molecule has 15 heavy (non-hydrogen) atoms. The van der Waals surface area contributed by atoms with Crippen LogP contribution in [0.15, 0.2) is 0 Å². The van der Waals surface area contributed by atoms with Crippen LogP contribution in [-0.2, 0) is 0 Å². The molecule has 4 nitrogen and oxygen atoms in total. The maximum absolute atomic E-state index is 11.7. The summed E-state index contributed by atoms with van der Waals surface area (Å²) in [6.45, 7) is 3.55. The fourth-order valence-electron chi connectivity index (χ4n) is 1.74. The van der Waals surface area contributed by atoms with E-state index in [4.69, 9.17) is 5.26 Å². The van der Waals surface area contributed by atoms with E-state index in [0.29, 0.717) is 6.42 Å². The second kappa shape index (κ2) is 6.28. The lowest BCUT2D eigenvalue weighted by molar-refractivity contribution is 0.197. The number of amides is 2. The molecule has 4 heteroatoms. The summed E-state index contributed by atoms with van der Waals surface area (Å²) in [5.74, 6) is 0. The Balaban J connectivity index is 2.41. The number of nitrogens with zero attached hydrogens (tertiary/aromatic N) is 2. The number of rotatable bonds is 2. The molecule has 1 aliphatic heterocycles. The van der Waals surface area contributed by atoms with E-state index in [2.05, 4.69) is 11.4 Å². The van der Waals surface area contributed by atoms with E-state index in [-0.39, 0.29) is 12.1 Å². The summed E-state index contributed by atoms with van der Waals surface area (Å²) in [5.41, 5.74) is 0. The van der Waals surface area contributed by atoms with Crippen molar-refractivity contribution < 1.29 is 4.79 Å². The van der Waals surface area contributed by atoms with Gasteiger partial charge in [0.25, 0.3) is 0 Å². The molecule has 1 heterocycles. The van der Waals surface area contributed by atoms with Gasteiger partial charge in [0.05, 0.1) is 6.07 Å². The molecule has 1 N–H and O–H groups in total. The molecular formula is C11H19N3O. The van der Waals surface area contributed by atoms with Crippen LogP contribution in [0.25, 0.3) is 0 Å². The van der Waals surface area contributed by atoms with Gasteiger partial charge in [0, 0.05) is 13.1 Å². The predicted molar refractivity (Wildman–Crippen MR) is 58.3 cm³/mol. The molecule has 1 saturated heterocycles. The minimum absolute atomic E-state index is 0.0784. The summed E-state index contributed by atoms with van der Waals surface area (Å²) < 4.78 is 0. The highest BCUT2D eigenvalue weighted by molar-refractivity contribution is 5.74. The highest BCUT2D eigenvalue weighted by Gasteiger charge is 2.17. The molecule has 1 unspecified atom stereocenters. The Morgan fingerprint density at radius 2 is 2.00 bits per heavy atom. The molecule has 1 rings (SSSR count). The van der Waals surface area contributed by atoms with Crippen LogP contribution in [0.2, 0.25) is 0 Å². The molecule has 0 aromatic carbocycles.